The standard InChI is InChI=1S/C3H4N2OS/c1-2-4-3(6)5-7-2/h1H3,(H,5,6). The van der Waals surface area contributed by atoms with E-state index in [-0.39, 0.29) is 6.01 Å². The Balaban J connectivity index is 3.04. The Morgan fingerprint density at radius 3 is 2.57 bits per heavy atom. The van der Waals surface area contributed by atoms with Crippen LogP contribution in [0.15, 0.2) is 0 Å². The lowest BCUT2D eigenvalue weighted by Crippen LogP contribution is -1.63. The molecule has 0 saturated carbocycles. The molecule has 3 nitrogen and oxygen atoms in total. The van der Waals surface area contributed by atoms with Gasteiger partial charge in [-0.15, -0.1) is 4.37 Å². The zero-order valence-corrected chi connectivity index (χ0v) is 4.57. The van der Waals surface area contributed by atoms with Crippen LogP contribution in [-0.2, 0) is 0 Å². The van der Waals surface area contributed by atoms with Crippen LogP contribution in [0.1, 0.15) is 5.01 Å². The average Bonchev–Trinajstić information content (AvgIpc) is 1.87. The van der Waals surface area contributed by atoms with E-state index in [1.165, 1.54) is 11.5 Å². The second kappa shape index (κ2) is 1.46. The summed E-state index contributed by atoms with van der Waals surface area (Å²) in [6.45, 7) is 1.79. The van der Waals surface area contributed by atoms with Crippen molar-refractivity contribution < 1.29 is 5.11 Å². The molecule has 38 valence electrons. The summed E-state index contributed by atoms with van der Waals surface area (Å²) in [4.78, 5) is 3.57. The molecule has 0 aliphatic rings. The Bertz CT molecular complexity index is 145. The highest BCUT2D eigenvalue weighted by Gasteiger charge is 1.91. The maximum absolute atomic E-state index is 8.44. The summed E-state index contributed by atoms with van der Waals surface area (Å²) >= 11 is 1.19. The molecule has 1 rings (SSSR count). The third-order valence-corrected chi connectivity index (χ3v) is 1.13. The monoisotopic (exact) mass is 116 g/mol. The summed E-state index contributed by atoms with van der Waals surface area (Å²) in [7, 11) is 0. The largest absolute Gasteiger partial charge is 0.478 e. The van der Waals surface area contributed by atoms with E-state index in [0.29, 0.717) is 0 Å². The minimum Gasteiger partial charge on any atom is -0.478 e. The van der Waals surface area contributed by atoms with Crippen molar-refractivity contribution in [3.8, 4) is 6.01 Å². The molecule has 0 saturated heterocycles. The molecule has 1 aromatic heterocycles. The predicted molar refractivity (Wildman–Crippen MR) is 26.3 cm³/mol. The van der Waals surface area contributed by atoms with Gasteiger partial charge in [0.15, 0.2) is 0 Å². The Morgan fingerprint density at radius 1 is 1.71 bits per heavy atom. The van der Waals surface area contributed by atoms with Gasteiger partial charge in [-0.3, -0.25) is 0 Å². The Labute approximate surface area is 44.8 Å². The molecule has 0 amide bonds. The summed E-state index contributed by atoms with van der Waals surface area (Å²) in [6.07, 6.45) is 0. The van der Waals surface area contributed by atoms with Gasteiger partial charge in [-0.2, -0.15) is 4.98 Å². The van der Waals surface area contributed by atoms with Crippen LogP contribution in [0, 0.1) is 6.92 Å². The highest BCUT2D eigenvalue weighted by atomic mass is 32.1. The lowest BCUT2D eigenvalue weighted by molar-refractivity contribution is 0.438. The zero-order chi connectivity index (χ0) is 5.28. The van der Waals surface area contributed by atoms with Crippen molar-refractivity contribution in [3.63, 3.8) is 0 Å². The third kappa shape index (κ3) is 0.866. The molecular formula is C3H4N2OS. The SMILES string of the molecule is Cc1nc(O)ns1. The quantitative estimate of drug-likeness (QED) is 0.538. The number of aromatic nitrogens is 2. The topological polar surface area (TPSA) is 46.0 Å². The zero-order valence-electron chi connectivity index (χ0n) is 3.75. The van der Waals surface area contributed by atoms with Gasteiger partial charge >= 0.3 is 6.01 Å². The Morgan fingerprint density at radius 2 is 2.43 bits per heavy atom. The summed E-state index contributed by atoms with van der Waals surface area (Å²) in [5, 5.41) is 9.23. The van der Waals surface area contributed by atoms with Crippen molar-refractivity contribution in [1.29, 1.82) is 0 Å². The van der Waals surface area contributed by atoms with E-state index < -0.39 is 0 Å². The first-order chi connectivity index (χ1) is 3.29. The highest BCUT2D eigenvalue weighted by molar-refractivity contribution is 7.05. The molecule has 0 aromatic carbocycles. The molecule has 0 fully saturated rings. The van der Waals surface area contributed by atoms with Crippen LogP contribution >= 0.6 is 11.5 Å². The first-order valence-corrected chi connectivity index (χ1v) is 2.55. The van der Waals surface area contributed by atoms with Gasteiger partial charge in [-0.05, 0) is 18.5 Å². The number of aromatic hydroxyl groups is 1. The fourth-order valence-electron chi connectivity index (χ4n) is 0.289. The van der Waals surface area contributed by atoms with E-state index in [2.05, 4.69) is 9.36 Å². The second-order valence-electron chi connectivity index (χ2n) is 1.11. The predicted octanol–water partition coefficient (Wildman–Crippen LogP) is 0.552. The van der Waals surface area contributed by atoms with Crippen LogP contribution in [0.3, 0.4) is 0 Å². The third-order valence-electron chi connectivity index (χ3n) is 0.517. The Hall–Kier alpha value is -0.640. The van der Waals surface area contributed by atoms with Gasteiger partial charge in [0.2, 0.25) is 0 Å². The van der Waals surface area contributed by atoms with Crippen LogP contribution in [0.25, 0.3) is 0 Å². The van der Waals surface area contributed by atoms with Crippen molar-refractivity contribution in [1.82, 2.24) is 9.36 Å². The Kier molecular flexibility index (Phi) is 0.941. The van der Waals surface area contributed by atoms with Gasteiger partial charge in [0.25, 0.3) is 0 Å². The van der Waals surface area contributed by atoms with E-state index in [9.17, 15) is 0 Å². The van der Waals surface area contributed by atoms with Crippen molar-refractivity contribution in [2.45, 2.75) is 6.92 Å². The molecule has 1 aromatic rings. The molecule has 0 aliphatic carbocycles. The van der Waals surface area contributed by atoms with Crippen LogP contribution < -0.4 is 0 Å². The molecule has 0 bridgehead atoms. The second-order valence-corrected chi connectivity index (χ2v) is 2.07. The molecule has 0 aliphatic heterocycles. The van der Waals surface area contributed by atoms with Crippen LogP contribution in [0.2, 0.25) is 0 Å². The van der Waals surface area contributed by atoms with E-state index in [4.69, 9.17) is 5.11 Å². The molecule has 0 radical (unpaired) electrons. The van der Waals surface area contributed by atoms with Crippen LogP contribution in [-0.4, -0.2) is 14.5 Å². The summed E-state index contributed by atoms with van der Waals surface area (Å²) < 4.78 is 3.50. The molecule has 0 unspecified atom stereocenters. The maximum Gasteiger partial charge on any atom is 0.325 e. The van der Waals surface area contributed by atoms with Gasteiger partial charge in [-0.25, -0.2) is 0 Å². The smallest absolute Gasteiger partial charge is 0.325 e. The minimum absolute atomic E-state index is 0.123. The van der Waals surface area contributed by atoms with E-state index in [1.54, 1.807) is 6.92 Å². The summed E-state index contributed by atoms with van der Waals surface area (Å²) in [6, 6.07) is -0.123. The number of rotatable bonds is 0. The fraction of sp³-hybridized carbons (Fsp3) is 0.333. The molecule has 4 heteroatoms. The molecule has 1 heterocycles. The average molecular weight is 116 g/mol. The molecular weight excluding hydrogens is 112 g/mol. The number of hydrogen-bond acceptors (Lipinski definition) is 4. The maximum atomic E-state index is 8.44. The normalized spacial score (nSPS) is 9.29. The number of aryl methyl sites for hydroxylation is 1. The van der Waals surface area contributed by atoms with Crippen molar-refractivity contribution >= 4 is 11.5 Å². The summed E-state index contributed by atoms with van der Waals surface area (Å²) in [5.41, 5.74) is 0. The van der Waals surface area contributed by atoms with E-state index >= 15 is 0 Å². The van der Waals surface area contributed by atoms with Crippen molar-refractivity contribution in [2.75, 3.05) is 0 Å². The fourth-order valence-corrected chi connectivity index (χ4v) is 0.666. The molecule has 7 heavy (non-hydrogen) atoms. The lowest BCUT2D eigenvalue weighted by Gasteiger charge is -1.67. The van der Waals surface area contributed by atoms with E-state index in [0.717, 1.165) is 5.01 Å². The first-order valence-electron chi connectivity index (χ1n) is 1.78. The van der Waals surface area contributed by atoms with Crippen molar-refractivity contribution in [3.05, 3.63) is 5.01 Å². The lowest BCUT2D eigenvalue weighted by atomic mass is 10.8. The van der Waals surface area contributed by atoms with E-state index in [1.807, 2.05) is 0 Å². The van der Waals surface area contributed by atoms with Gasteiger partial charge in [0.1, 0.15) is 5.01 Å². The summed E-state index contributed by atoms with van der Waals surface area (Å²) in [5.74, 6) is 0. The van der Waals surface area contributed by atoms with Crippen LogP contribution in [0.4, 0.5) is 0 Å². The molecule has 0 atom stereocenters. The van der Waals surface area contributed by atoms with Gasteiger partial charge in [0, 0.05) is 0 Å². The minimum atomic E-state index is -0.123. The number of nitrogens with zero attached hydrogens (tertiary/aromatic N) is 2. The van der Waals surface area contributed by atoms with Gasteiger partial charge in [-0.1, -0.05) is 0 Å². The van der Waals surface area contributed by atoms with Gasteiger partial charge < -0.3 is 5.11 Å². The first kappa shape index (κ1) is 4.52. The molecule has 0 spiro atoms. The van der Waals surface area contributed by atoms with Crippen molar-refractivity contribution in [2.24, 2.45) is 0 Å². The number of hydrogen-bond donors (Lipinski definition) is 1. The highest BCUT2D eigenvalue weighted by Crippen LogP contribution is 2.05. The van der Waals surface area contributed by atoms with Crippen LogP contribution in [0.5, 0.6) is 6.01 Å². The van der Waals surface area contributed by atoms with Gasteiger partial charge in [0.05, 0.1) is 0 Å². The molecule has 1 N–H and O–H groups in total.